The minimum atomic E-state index is -3.51. The normalized spacial score (nSPS) is 11.3. The highest BCUT2D eigenvalue weighted by atomic mass is 32.2. The monoisotopic (exact) mass is 290 g/mol. The summed E-state index contributed by atoms with van der Waals surface area (Å²) < 4.78 is 31.9. The highest BCUT2D eigenvalue weighted by molar-refractivity contribution is 7.92. The first-order valence-corrected chi connectivity index (χ1v) is 7.32. The summed E-state index contributed by atoms with van der Waals surface area (Å²) in [5.74, 6) is -0.725. The van der Waals surface area contributed by atoms with Crippen LogP contribution in [0.5, 0.6) is 0 Å². The fourth-order valence-corrected chi connectivity index (χ4v) is 2.58. The maximum Gasteiger partial charge on any atom is 0.360 e. The molecule has 8 nitrogen and oxygen atoms in total. The maximum atomic E-state index is 11.8. The number of nitrogens with one attached hydrogen (secondary N) is 2. The zero-order chi connectivity index (χ0) is 14.5. The lowest BCUT2D eigenvalue weighted by Crippen LogP contribution is -2.21. The SMILES string of the molecule is CNCCCS(=O)(=O)Nc1cn(C)nc1C(=O)OC. The van der Waals surface area contributed by atoms with Gasteiger partial charge in [0.25, 0.3) is 0 Å². The van der Waals surface area contributed by atoms with E-state index in [1.165, 1.54) is 18.0 Å². The summed E-state index contributed by atoms with van der Waals surface area (Å²) in [5, 5.41) is 6.73. The number of hydrogen-bond acceptors (Lipinski definition) is 6. The summed E-state index contributed by atoms with van der Waals surface area (Å²) >= 11 is 0. The smallest absolute Gasteiger partial charge is 0.360 e. The number of carbonyl (C=O) groups excluding carboxylic acids is 1. The van der Waals surface area contributed by atoms with Crippen LogP contribution in [0.3, 0.4) is 0 Å². The van der Waals surface area contributed by atoms with Gasteiger partial charge in [0.1, 0.15) is 5.69 Å². The Morgan fingerprint density at radius 2 is 2.21 bits per heavy atom. The van der Waals surface area contributed by atoms with Crippen LogP contribution in [0.4, 0.5) is 5.69 Å². The molecular formula is C10H18N4O4S. The van der Waals surface area contributed by atoms with E-state index in [1.807, 2.05) is 0 Å². The molecule has 0 amide bonds. The first-order valence-electron chi connectivity index (χ1n) is 5.66. The molecule has 1 rings (SSSR count). The Kier molecular flexibility index (Phi) is 5.31. The number of ether oxygens (including phenoxy) is 1. The lowest BCUT2D eigenvalue weighted by atomic mass is 10.4. The molecule has 0 aliphatic heterocycles. The number of anilines is 1. The van der Waals surface area contributed by atoms with Gasteiger partial charge in [-0.1, -0.05) is 0 Å². The number of hydrogen-bond donors (Lipinski definition) is 2. The molecule has 0 atom stereocenters. The van der Waals surface area contributed by atoms with Gasteiger partial charge in [0.05, 0.1) is 12.9 Å². The van der Waals surface area contributed by atoms with Gasteiger partial charge in [-0.25, -0.2) is 13.2 Å². The summed E-state index contributed by atoms with van der Waals surface area (Å²) in [6.45, 7) is 0.595. The molecule has 0 radical (unpaired) electrons. The Labute approximate surface area is 112 Å². The van der Waals surface area contributed by atoms with Gasteiger partial charge in [-0.15, -0.1) is 0 Å². The zero-order valence-electron chi connectivity index (χ0n) is 11.1. The van der Waals surface area contributed by atoms with Crippen molar-refractivity contribution >= 4 is 21.7 Å². The van der Waals surface area contributed by atoms with Crippen molar-refractivity contribution < 1.29 is 17.9 Å². The summed E-state index contributed by atoms with van der Waals surface area (Å²) in [4.78, 5) is 11.5. The molecule has 0 aromatic carbocycles. The van der Waals surface area contributed by atoms with Crippen molar-refractivity contribution in [2.45, 2.75) is 6.42 Å². The first kappa shape index (κ1) is 15.4. The molecule has 0 spiro atoms. The number of methoxy groups -OCH3 is 1. The lowest BCUT2D eigenvalue weighted by molar-refractivity contribution is 0.0594. The third-order valence-electron chi connectivity index (χ3n) is 2.31. The first-order chi connectivity index (χ1) is 8.89. The minimum Gasteiger partial charge on any atom is -0.464 e. The summed E-state index contributed by atoms with van der Waals surface area (Å²) in [5.41, 5.74) is 0.0704. The largest absolute Gasteiger partial charge is 0.464 e. The number of carbonyl (C=O) groups is 1. The number of nitrogens with zero attached hydrogens (tertiary/aromatic N) is 2. The van der Waals surface area contributed by atoms with Crippen molar-refractivity contribution in [3.05, 3.63) is 11.9 Å². The van der Waals surface area contributed by atoms with Crippen molar-refractivity contribution in [1.29, 1.82) is 0 Å². The van der Waals surface area contributed by atoms with Gasteiger partial charge in [-0.2, -0.15) is 5.10 Å². The maximum absolute atomic E-state index is 11.8. The van der Waals surface area contributed by atoms with Crippen LogP contribution >= 0.6 is 0 Å². The Bertz CT molecular complexity index is 538. The van der Waals surface area contributed by atoms with Gasteiger partial charge < -0.3 is 10.1 Å². The fraction of sp³-hybridized carbons (Fsp3) is 0.600. The second-order valence-electron chi connectivity index (χ2n) is 3.93. The summed E-state index contributed by atoms with van der Waals surface area (Å²) in [7, 11) is 1.04. The molecule has 0 fully saturated rings. The minimum absolute atomic E-state index is 0.0383. The third kappa shape index (κ3) is 4.52. The van der Waals surface area contributed by atoms with Crippen molar-refractivity contribution in [1.82, 2.24) is 15.1 Å². The van der Waals surface area contributed by atoms with Gasteiger partial charge in [0, 0.05) is 13.2 Å². The average Bonchev–Trinajstić information content (AvgIpc) is 2.68. The van der Waals surface area contributed by atoms with E-state index < -0.39 is 16.0 Å². The molecule has 0 bridgehead atoms. The predicted octanol–water partition coefficient (Wildman–Crippen LogP) is -0.442. The van der Waals surface area contributed by atoms with Crippen LogP contribution in [-0.4, -0.2) is 50.6 Å². The van der Waals surface area contributed by atoms with Crippen molar-refractivity contribution in [2.24, 2.45) is 7.05 Å². The van der Waals surface area contributed by atoms with E-state index in [-0.39, 0.29) is 17.1 Å². The van der Waals surface area contributed by atoms with Crippen LogP contribution in [0.2, 0.25) is 0 Å². The van der Waals surface area contributed by atoms with Crippen LogP contribution < -0.4 is 10.0 Å². The Morgan fingerprint density at radius 1 is 1.53 bits per heavy atom. The van der Waals surface area contributed by atoms with E-state index in [4.69, 9.17) is 0 Å². The molecular weight excluding hydrogens is 272 g/mol. The molecule has 0 saturated carbocycles. The van der Waals surface area contributed by atoms with Gasteiger partial charge in [-0.05, 0) is 20.0 Å². The van der Waals surface area contributed by atoms with Gasteiger partial charge >= 0.3 is 5.97 Å². The molecule has 9 heteroatoms. The second-order valence-corrected chi connectivity index (χ2v) is 5.78. The molecule has 19 heavy (non-hydrogen) atoms. The summed E-state index contributed by atoms with van der Waals surface area (Å²) in [6.07, 6.45) is 1.89. The quantitative estimate of drug-likeness (QED) is 0.521. The molecule has 0 unspecified atom stereocenters. The van der Waals surface area contributed by atoms with Gasteiger partial charge in [0.15, 0.2) is 5.69 Å². The number of esters is 1. The van der Waals surface area contributed by atoms with E-state index >= 15 is 0 Å². The second kappa shape index (κ2) is 6.53. The number of rotatable bonds is 7. The highest BCUT2D eigenvalue weighted by Crippen LogP contribution is 2.16. The van der Waals surface area contributed by atoms with E-state index in [0.29, 0.717) is 13.0 Å². The highest BCUT2D eigenvalue weighted by Gasteiger charge is 2.20. The zero-order valence-corrected chi connectivity index (χ0v) is 12.0. The van der Waals surface area contributed by atoms with Crippen LogP contribution in [0.15, 0.2) is 6.20 Å². The van der Waals surface area contributed by atoms with Crippen molar-refractivity contribution in [2.75, 3.05) is 31.2 Å². The van der Waals surface area contributed by atoms with Crippen LogP contribution in [-0.2, 0) is 21.8 Å². The van der Waals surface area contributed by atoms with Crippen LogP contribution in [0, 0.1) is 0 Å². The summed E-state index contributed by atoms with van der Waals surface area (Å²) in [6, 6.07) is 0. The van der Waals surface area contributed by atoms with Crippen LogP contribution in [0.1, 0.15) is 16.9 Å². The molecule has 0 aliphatic rings. The predicted molar refractivity (Wildman–Crippen MR) is 70.5 cm³/mol. The average molecular weight is 290 g/mol. The molecule has 0 saturated heterocycles. The van der Waals surface area contributed by atoms with E-state index in [2.05, 4.69) is 19.9 Å². The molecule has 108 valence electrons. The van der Waals surface area contributed by atoms with E-state index in [9.17, 15) is 13.2 Å². The molecule has 1 heterocycles. The molecule has 0 aliphatic carbocycles. The molecule has 1 aromatic heterocycles. The van der Waals surface area contributed by atoms with Crippen LogP contribution in [0.25, 0.3) is 0 Å². The number of aromatic nitrogens is 2. The number of aryl methyl sites for hydroxylation is 1. The van der Waals surface area contributed by atoms with E-state index in [0.717, 1.165) is 0 Å². The van der Waals surface area contributed by atoms with Gasteiger partial charge in [-0.3, -0.25) is 9.40 Å². The van der Waals surface area contributed by atoms with Crippen molar-refractivity contribution in [3.8, 4) is 0 Å². The Balaban J connectivity index is 2.84. The lowest BCUT2D eigenvalue weighted by Gasteiger charge is -2.06. The Hall–Kier alpha value is -1.61. The topological polar surface area (TPSA) is 102 Å². The van der Waals surface area contributed by atoms with Gasteiger partial charge in [0.2, 0.25) is 10.0 Å². The third-order valence-corrected chi connectivity index (χ3v) is 3.67. The molecule has 2 N–H and O–H groups in total. The fourth-order valence-electron chi connectivity index (χ4n) is 1.47. The molecule has 1 aromatic rings. The number of sulfonamides is 1. The van der Waals surface area contributed by atoms with Crippen molar-refractivity contribution in [3.63, 3.8) is 0 Å². The van der Waals surface area contributed by atoms with E-state index in [1.54, 1.807) is 14.1 Å². The standard InChI is InChI=1S/C10H18N4O4S/c1-11-5-4-6-19(16,17)13-8-7-14(2)12-9(8)10(15)18-3/h7,11,13H,4-6H2,1-3H3. The Morgan fingerprint density at radius 3 is 2.79 bits per heavy atom.